The molecule has 0 spiro atoms. The van der Waals surface area contributed by atoms with Crippen LogP contribution < -0.4 is 10.2 Å². The second-order valence-corrected chi connectivity index (χ2v) is 6.09. The number of halogens is 2. The van der Waals surface area contributed by atoms with Crippen molar-refractivity contribution in [2.45, 2.75) is 12.8 Å². The number of benzene rings is 2. The van der Waals surface area contributed by atoms with Gasteiger partial charge in [-0.05, 0) is 48.9 Å². The number of rotatable bonds is 3. The molecular weight excluding hydrogens is 335 g/mol. The van der Waals surface area contributed by atoms with Crippen molar-refractivity contribution < 1.29 is 9.59 Å². The molecule has 2 aromatic carbocycles. The molecule has 1 fully saturated rings. The van der Waals surface area contributed by atoms with Crippen LogP contribution >= 0.6 is 23.2 Å². The van der Waals surface area contributed by atoms with Crippen molar-refractivity contribution in [3.8, 4) is 0 Å². The maximum atomic E-state index is 12.2. The minimum Gasteiger partial charge on any atom is -0.322 e. The number of nitrogens with one attached hydrogen (secondary N) is 1. The van der Waals surface area contributed by atoms with Crippen LogP contribution in [0.25, 0.3) is 0 Å². The first kappa shape index (κ1) is 15.8. The number of carbonyl (C=O) groups is 2. The van der Waals surface area contributed by atoms with Crippen LogP contribution in [0.2, 0.25) is 10.0 Å². The lowest BCUT2D eigenvalue weighted by atomic mass is 10.2. The first-order chi connectivity index (χ1) is 11.0. The average Bonchev–Trinajstić information content (AvgIpc) is 2.97. The Morgan fingerprint density at radius 2 is 1.78 bits per heavy atom. The van der Waals surface area contributed by atoms with Crippen LogP contribution in [0.1, 0.15) is 23.2 Å². The Bertz CT molecular complexity index is 760. The summed E-state index contributed by atoms with van der Waals surface area (Å²) in [5, 5.41) is 3.53. The zero-order valence-electron chi connectivity index (χ0n) is 12.2. The maximum Gasteiger partial charge on any atom is 0.255 e. The molecule has 0 aromatic heterocycles. The molecule has 1 aliphatic rings. The predicted molar refractivity (Wildman–Crippen MR) is 92.4 cm³/mol. The fourth-order valence-electron chi connectivity index (χ4n) is 2.49. The van der Waals surface area contributed by atoms with E-state index >= 15 is 0 Å². The summed E-state index contributed by atoms with van der Waals surface area (Å²) in [6.45, 7) is 0.744. The molecule has 23 heavy (non-hydrogen) atoms. The van der Waals surface area contributed by atoms with Gasteiger partial charge in [0.15, 0.2) is 0 Å². The molecule has 6 heteroatoms. The average molecular weight is 349 g/mol. The largest absolute Gasteiger partial charge is 0.322 e. The van der Waals surface area contributed by atoms with Crippen molar-refractivity contribution in [2.75, 3.05) is 16.8 Å². The molecule has 0 unspecified atom stereocenters. The highest BCUT2D eigenvalue weighted by Gasteiger charge is 2.21. The predicted octanol–water partition coefficient (Wildman–Crippen LogP) is 4.37. The van der Waals surface area contributed by atoms with Crippen LogP contribution in [0.4, 0.5) is 11.4 Å². The van der Waals surface area contributed by atoms with Crippen molar-refractivity contribution in [2.24, 2.45) is 0 Å². The van der Waals surface area contributed by atoms with Gasteiger partial charge in [-0.1, -0.05) is 23.2 Å². The lowest BCUT2D eigenvalue weighted by molar-refractivity contribution is -0.117. The molecule has 0 radical (unpaired) electrons. The monoisotopic (exact) mass is 348 g/mol. The zero-order chi connectivity index (χ0) is 16.4. The number of hydrogen-bond donors (Lipinski definition) is 1. The molecule has 1 saturated heterocycles. The van der Waals surface area contributed by atoms with Crippen LogP contribution in [-0.4, -0.2) is 18.4 Å². The Morgan fingerprint density at radius 3 is 2.39 bits per heavy atom. The fourth-order valence-corrected chi connectivity index (χ4v) is 2.78. The van der Waals surface area contributed by atoms with Gasteiger partial charge in [0.05, 0.1) is 10.0 Å². The van der Waals surface area contributed by atoms with Gasteiger partial charge in [-0.3, -0.25) is 9.59 Å². The second-order valence-electron chi connectivity index (χ2n) is 5.28. The molecular formula is C17H14Cl2N2O2. The summed E-state index contributed by atoms with van der Waals surface area (Å²) < 4.78 is 0. The van der Waals surface area contributed by atoms with Crippen molar-refractivity contribution in [3.05, 3.63) is 58.1 Å². The summed E-state index contributed by atoms with van der Waals surface area (Å²) in [5.74, 6) is -0.133. The van der Waals surface area contributed by atoms with Crippen molar-refractivity contribution in [1.82, 2.24) is 0 Å². The molecule has 1 heterocycles. The van der Waals surface area contributed by atoms with Crippen molar-refractivity contribution >= 4 is 46.4 Å². The smallest absolute Gasteiger partial charge is 0.255 e. The highest BCUT2D eigenvalue weighted by atomic mass is 35.5. The van der Waals surface area contributed by atoms with Gasteiger partial charge in [0.1, 0.15) is 0 Å². The van der Waals surface area contributed by atoms with E-state index in [9.17, 15) is 9.59 Å². The summed E-state index contributed by atoms with van der Waals surface area (Å²) in [4.78, 5) is 25.7. The van der Waals surface area contributed by atoms with Crippen LogP contribution in [0.15, 0.2) is 42.5 Å². The summed E-state index contributed by atoms with van der Waals surface area (Å²) in [6, 6.07) is 11.9. The van der Waals surface area contributed by atoms with E-state index in [2.05, 4.69) is 5.32 Å². The quantitative estimate of drug-likeness (QED) is 0.894. The molecule has 4 nitrogen and oxygen atoms in total. The lowest BCUT2D eigenvalue weighted by Crippen LogP contribution is -2.23. The van der Waals surface area contributed by atoms with E-state index < -0.39 is 0 Å². The summed E-state index contributed by atoms with van der Waals surface area (Å²) in [5.41, 5.74) is 1.93. The molecule has 1 N–H and O–H groups in total. The highest BCUT2D eigenvalue weighted by molar-refractivity contribution is 6.42. The van der Waals surface area contributed by atoms with Crippen molar-refractivity contribution in [3.63, 3.8) is 0 Å². The normalized spacial score (nSPS) is 14.2. The molecule has 3 rings (SSSR count). The van der Waals surface area contributed by atoms with Gasteiger partial charge >= 0.3 is 0 Å². The SMILES string of the molecule is O=C(Nc1ccc(N2CCCC2=O)cc1)c1ccc(Cl)c(Cl)c1. The van der Waals surface area contributed by atoms with Gasteiger partial charge in [0.25, 0.3) is 5.91 Å². The Kier molecular flexibility index (Phi) is 4.55. The standard InChI is InChI=1S/C17H14Cl2N2O2/c18-14-8-3-11(10-15(14)19)17(23)20-12-4-6-13(7-5-12)21-9-1-2-16(21)22/h3-8,10H,1-2,9H2,(H,20,23). The van der Waals surface area contributed by atoms with Crippen LogP contribution in [0.3, 0.4) is 0 Å². The summed E-state index contributed by atoms with van der Waals surface area (Å²) >= 11 is 11.8. The van der Waals surface area contributed by atoms with E-state index in [-0.39, 0.29) is 11.8 Å². The van der Waals surface area contributed by atoms with Gasteiger partial charge in [-0.25, -0.2) is 0 Å². The van der Waals surface area contributed by atoms with Gasteiger partial charge in [0.2, 0.25) is 5.91 Å². The number of hydrogen-bond acceptors (Lipinski definition) is 2. The third-order valence-corrected chi connectivity index (χ3v) is 4.43. The Hall–Kier alpha value is -2.04. The lowest BCUT2D eigenvalue weighted by Gasteiger charge is -2.16. The zero-order valence-corrected chi connectivity index (χ0v) is 13.7. The van der Waals surface area contributed by atoms with E-state index in [1.165, 1.54) is 6.07 Å². The molecule has 0 aliphatic carbocycles. The van der Waals surface area contributed by atoms with Crippen LogP contribution in [-0.2, 0) is 4.79 Å². The number of anilines is 2. The number of nitrogens with zero attached hydrogens (tertiary/aromatic N) is 1. The molecule has 2 amide bonds. The number of carbonyl (C=O) groups excluding carboxylic acids is 2. The molecule has 0 bridgehead atoms. The van der Waals surface area contributed by atoms with Gasteiger partial charge in [-0.2, -0.15) is 0 Å². The Balaban J connectivity index is 1.71. The maximum absolute atomic E-state index is 12.2. The number of amides is 2. The minimum absolute atomic E-state index is 0.137. The third-order valence-electron chi connectivity index (χ3n) is 3.69. The molecule has 118 valence electrons. The van der Waals surface area contributed by atoms with E-state index in [0.717, 1.165) is 18.7 Å². The summed E-state index contributed by atoms with van der Waals surface area (Å²) in [6.07, 6.45) is 1.48. The Labute approximate surface area is 144 Å². The van der Waals surface area contributed by atoms with Crippen LogP contribution in [0, 0.1) is 0 Å². The van der Waals surface area contributed by atoms with E-state index in [4.69, 9.17) is 23.2 Å². The first-order valence-corrected chi connectivity index (χ1v) is 7.97. The molecule has 1 aliphatic heterocycles. The molecule has 2 aromatic rings. The van der Waals surface area contributed by atoms with Crippen LogP contribution in [0.5, 0.6) is 0 Å². The first-order valence-electron chi connectivity index (χ1n) is 7.21. The molecule has 0 atom stereocenters. The topological polar surface area (TPSA) is 49.4 Å². The van der Waals surface area contributed by atoms with Crippen molar-refractivity contribution in [1.29, 1.82) is 0 Å². The molecule has 0 saturated carbocycles. The third kappa shape index (κ3) is 3.49. The van der Waals surface area contributed by atoms with Gasteiger partial charge in [-0.15, -0.1) is 0 Å². The van der Waals surface area contributed by atoms with Gasteiger partial charge < -0.3 is 10.2 Å². The fraction of sp³-hybridized carbons (Fsp3) is 0.176. The second kappa shape index (κ2) is 6.60. The Morgan fingerprint density at radius 1 is 1.04 bits per heavy atom. The van der Waals surface area contributed by atoms with E-state index in [1.54, 1.807) is 29.2 Å². The van der Waals surface area contributed by atoms with Gasteiger partial charge in [0, 0.05) is 29.9 Å². The summed E-state index contributed by atoms with van der Waals surface area (Å²) in [7, 11) is 0. The van der Waals surface area contributed by atoms with E-state index in [0.29, 0.717) is 27.7 Å². The minimum atomic E-state index is -0.270. The van der Waals surface area contributed by atoms with E-state index in [1.807, 2.05) is 12.1 Å². The highest BCUT2D eigenvalue weighted by Crippen LogP contribution is 2.25.